The van der Waals surface area contributed by atoms with Gasteiger partial charge in [-0.05, 0) is 6.92 Å². The molecular formula is C21H21N3O2S. The lowest BCUT2D eigenvalue weighted by Gasteiger charge is -2.26. The molecule has 0 aliphatic carbocycles. The van der Waals surface area contributed by atoms with E-state index in [1.807, 2.05) is 23.1 Å². The first-order valence-corrected chi connectivity index (χ1v) is 10.0. The summed E-state index contributed by atoms with van der Waals surface area (Å²) in [6.45, 7) is 4.63. The Morgan fingerprint density at radius 1 is 1.04 bits per heavy atom. The summed E-state index contributed by atoms with van der Waals surface area (Å²) < 4.78 is 5.31. The third-order valence-corrected chi connectivity index (χ3v) is 5.64. The number of benzene rings is 2. The first kappa shape index (κ1) is 17.9. The molecule has 0 atom stereocenters. The van der Waals surface area contributed by atoms with Crippen LogP contribution in [0, 0.1) is 6.92 Å². The van der Waals surface area contributed by atoms with Crippen molar-refractivity contribution in [1.82, 2.24) is 15.1 Å². The predicted octanol–water partition coefficient (Wildman–Crippen LogP) is 3.56. The van der Waals surface area contributed by atoms with E-state index in [0.29, 0.717) is 32.1 Å². The maximum atomic E-state index is 12.4. The van der Waals surface area contributed by atoms with E-state index in [1.165, 1.54) is 17.3 Å². The maximum absolute atomic E-state index is 12.4. The predicted molar refractivity (Wildman–Crippen MR) is 108 cm³/mol. The van der Waals surface area contributed by atoms with E-state index < -0.39 is 0 Å². The molecule has 2 heterocycles. The van der Waals surface area contributed by atoms with Crippen LogP contribution in [0.5, 0.6) is 0 Å². The van der Waals surface area contributed by atoms with E-state index in [-0.39, 0.29) is 5.91 Å². The number of ether oxygens (including phenoxy) is 1. The molecule has 0 radical (unpaired) electrons. The standard InChI is InChI=1S/C21H21N3O2S/c1-15-6-8-16(9-7-15)20-17-4-2-3-5-18(17)21(23-22-20)27-14-19(25)24-10-12-26-13-11-24/h2-9H,10-14H2,1H3. The highest BCUT2D eigenvalue weighted by Gasteiger charge is 2.18. The lowest BCUT2D eigenvalue weighted by atomic mass is 10.0. The van der Waals surface area contributed by atoms with Gasteiger partial charge in [-0.15, -0.1) is 10.2 Å². The Balaban J connectivity index is 1.60. The largest absolute Gasteiger partial charge is 0.378 e. The highest BCUT2D eigenvalue weighted by Crippen LogP contribution is 2.31. The van der Waals surface area contributed by atoms with Gasteiger partial charge in [-0.3, -0.25) is 4.79 Å². The second-order valence-corrected chi connectivity index (χ2v) is 7.51. The van der Waals surface area contributed by atoms with Crippen molar-refractivity contribution in [3.05, 3.63) is 54.1 Å². The van der Waals surface area contributed by atoms with Crippen LogP contribution in [0.1, 0.15) is 5.56 Å². The zero-order valence-electron chi connectivity index (χ0n) is 15.2. The molecule has 0 saturated carbocycles. The SMILES string of the molecule is Cc1ccc(-c2nnc(SCC(=O)N3CCOCC3)c3ccccc23)cc1. The molecule has 0 spiro atoms. The van der Waals surface area contributed by atoms with Crippen molar-refractivity contribution in [1.29, 1.82) is 0 Å². The molecule has 2 aromatic carbocycles. The van der Waals surface area contributed by atoms with E-state index in [4.69, 9.17) is 4.74 Å². The van der Waals surface area contributed by atoms with Gasteiger partial charge in [-0.2, -0.15) is 0 Å². The number of fused-ring (bicyclic) bond motifs is 1. The van der Waals surface area contributed by atoms with Gasteiger partial charge < -0.3 is 9.64 Å². The van der Waals surface area contributed by atoms with Crippen molar-refractivity contribution in [2.45, 2.75) is 11.9 Å². The summed E-state index contributed by atoms with van der Waals surface area (Å²) in [6.07, 6.45) is 0. The number of aryl methyl sites for hydroxylation is 1. The number of thioether (sulfide) groups is 1. The molecule has 138 valence electrons. The van der Waals surface area contributed by atoms with E-state index >= 15 is 0 Å². The normalized spacial score (nSPS) is 14.5. The fourth-order valence-corrected chi connectivity index (χ4v) is 4.02. The lowest BCUT2D eigenvalue weighted by molar-refractivity contribution is -0.132. The average molecular weight is 379 g/mol. The third-order valence-electron chi connectivity index (χ3n) is 4.67. The zero-order valence-corrected chi connectivity index (χ0v) is 16.0. The van der Waals surface area contributed by atoms with Crippen LogP contribution in [0.2, 0.25) is 0 Å². The average Bonchev–Trinajstić information content (AvgIpc) is 2.73. The van der Waals surface area contributed by atoms with E-state index in [0.717, 1.165) is 27.1 Å². The number of amides is 1. The highest BCUT2D eigenvalue weighted by molar-refractivity contribution is 8.00. The third kappa shape index (κ3) is 3.96. The topological polar surface area (TPSA) is 55.3 Å². The number of rotatable bonds is 4. The van der Waals surface area contributed by atoms with E-state index in [9.17, 15) is 4.79 Å². The van der Waals surface area contributed by atoms with Gasteiger partial charge in [0.05, 0.1) is 19.0 Å². The van der Waals surface area contributed by atoms with Gasteiger partial charge in [0.2, 0.25) is 5.91 Å². The highest BCUT2D eigenvalue weighted by atomic mass is 32.2. The first-order chi connectivity index (χ1) is 13.2. The van der Waals surface area contributed by atoms with Gasteiger partial charge in [0.1, 0.15) is 10.7 Å². The summed E-state index contributed by atoms with van der Waals surface area (Å²) >= 11 is 1.45. The minimum absolute atomic E-state index is 0.122. The van der Waals surface area contributed by atoms with Crippen LogP contribution < -0.4 is 0 Å². The Hall–Kier alpha value is -2.44. The van der Waals surface area contributed by atoms with Crippen LogP contribution in [-0.2, 0) is 9.53 Å². The molecule has 1 saturated heterocycles. The van der Waals surface area contributed by atoms with Gasteiger partial charge in [-0.25, -0.2) is 0 Å². The van der Waals surface area contributed by atoms with Gasteiger partial charge in [0, 0.05) is 29.4 Å². The first-order valence-electron chi connectivity index (χ1n) is 9.03. The van der Waals surface area contributed by atoms with Crippen molar-refractivity contribution < 1.29 is 9.53 Å². The fraction of sp³-hybridized carbons (Fsp3) is 0.286. The minimum Gasteiger partial charge on any atom is -0.378 e. The van der Waals surface area contributed by atoms with Crippen LogP contribution in [0.15, 0.2) is 53.6 Å². The van der Waals surface area contributed by atoms with Crippen molar-refractivity contribution >= 4 is 28.4 Å². The van der Waals surface area contributed by atoms with Crippen LogP contribution in [0.25, 0.3) is 22.0 Å². The fourth-order valence-electron chi connectivity index (χ4n) is 3.14. The molecule has 6 heteroatoms. The van der Waals surface area contributed by atoms with Gasteiger partial charge in [0.15, 0.2) is 0 Å². The van der Waals surface area contributed by atoms with Gasteiger partial charge in [0.25, 0.3) is 0 Å². The summed E-state index contributed by atoms with van der Waals surface area (Å²) in [5.74, 6) is 0.486. The van der Waals surface area contributed by atoms with Crippen LogP contribution in [0.3, 0.4) is 0 Å². The van der Waals surface area contributed by atoms with Crippen molar-refractivity contribution in [3.63, 3.8) is 0 Å². The summed E-state index contributed by atoms with van der Waals surface area (Å²) in [5, 5.41) is 11.8. The molecule has 1 aliphatic heterocycles. The number of carbonyl (C=O) groups is 1. The Kier molecular flexibility index (Phi) is 5.36. The van der Waals surface area contributed by atoms with E-state index in [1.54, 1.807) is 0 Å². The van der Waals surface area contributed by atoms with Crippen LogP contribution in [-0.4, -0.2) is 53.1 Å². The lowest BCUT2D eigenvalue weighted by Crippen LogP contribution is -2.41. The summed E-state index contributed by atoms with van der Waals surface area (Å²) in [5.41, 5.74) is 3.13. The molecule has 1 fully saturated rings. The van der Waals surface area contributed by atoms with Gasteiger partial charge in [-0.1, -0.05) is 65.9 Å². The Morgan fingerprint density at radius 3 is 2.48 bits per heavy atom. The van der Waals surface area contributed by atoms with Crippen LogP contribution >= 0.6 is 11.8 Å². The second-order valence-electron chi connectivity index (χ2n) is 6.55. The molecule has 0 N–H and O–H groups in total. The molecule has 3 aromatic rings. The minimum atomic E-state index is 0.122. The molecule has 5 nitrogen and oxygen atoms in total. The zero-order chi connectivity index (χ0) is 18.6. The molecular weight excluding hydrogens is 358 g/mol. The van der Waals surface area contributed by atoms with Crippen molar-refractivity contribution in [3.8, 4) is 11.3 Å². The molecule has 1 amide bonds. The number of aromatic nitrogens is 2. The Labute approximate surface area is 162 Å². The summed E-state index contributed by atoms with van der Waals surface area (Å²) in [6, 6.07) is 16.4. The number of nitrogens with zero attached hydrogens (tertiary/aromatic N) is 3. The number of hydrogen-bond donors (Lipinski definition) is 0. The van der Waals surface area contributed by atoms with E-state index in [2.05, 4.69) is 47.5 Å². The second kappa shape index (κ2) is 8.06. The molecule has 1 aromatic heterocycles. The molecule has 4 rings (SSSR count). The Morgan fingerprint density at radius 2 is 1.74 bits per heavy atom. The molecule has 0 unspecified atom stereocenters. The Bertz CT molecular complexity index is 953. The number of hydrogen-bond acceptors (Lipinski definition) is 5. The number of carbonyl (C=O) groups excluding carboxylic acids is 1. The molecule has 27 heavy (non-hydrogen) atoms. The van der Waals surface area contributed by atoms with Crippen molar-refractivity contribution in [2.75, 3.05) is 32.1 Å². The molecule has 0 bridgehead atoms. The maximum Gasteiger partial charge on any atom is 0.233 e. The quantitative estimate of drug-likeness (QED) is 0.649. The summed E-state index contributed by atoms with van der Waals surface area (Å²) in [4.78, 5) is 14.3. The van der Waals surface area contributed by atoms with Gasteiger partial charge >= 0.3 is 0 Å². The number of morpholine rings is 1. The smallest absolute Gasteiger partial charge is 0.233 e. The van der Waals surface area contributed by atoms with Crippen molar-refractivity contribution in [2.24, 2.45) is 0 Å². The summed E-state index contributed by atoms with van der Waals surface area (Å²) in [7, 11) is 0. The molecule has 1 aliphatic rings. The van der Waals surface area contributed by atoms with Crippen LogP contribution in [0.4, 0.5) is 0 Å². The monoisotopic (exact) mass is 379 g/mol.